The highest BCUT2D eigenvalue weighted by Gasteiger charge is 2.24. The molecule has 160 valence electrons. The van der Waals surface area contributed by atoms with Crippen molar-refractivity contribution < 1.29 is 19.0 Å². The van der Waals surface area contributed by atoms with Crippen LogP contribution < -0.4 is 9.47 Å². The summed E-state index contributed by atoms with van der Waals surface area (Å²) in [5.41, 5.74) is 4.10. The summed E-state index contributed by atoms with van der Waals surface area (Å²) in [5.74, 6) is 0.481. The van der Waals surface area contributed by atoms with Crippen LogP contribution in [0.1, 0.15) is 32.9 Å². The molecule has 7 heteroatoms. The SMILES string of the molecule is COC(=O)c1cc(/C=C(\C#N)c2cc(OC3Cc4ccccc4C3)c(OC)cn2)ccn1. The van der Waals surface area contributed by atoms with Crippen LogP contribution in [0.25, 0.3) is 11.6 Å². The maximum absolute atomic E-state index is 11.7. The van der Waals surface area contributed by atoms with Gasteiger partial charge in [0.2, 0.25) is 0 Å². The average molecular weight is 427 g/mol. The number of nitrogens with zero attached hydrogens (tertiary/aromatic N) is 3. The number of hydrogen-bond donors (Lipinski definition) is 0. The van der Waals surface area contributed by atoms with Gasteiger partial charge < -0.3 is 14.2 Å². The Kier molecular flexibility index (Phi) is 6.13. The van der Waals surface area contributed by atoms with Crippen LogP contribution in [0.4, 0.5) is 0 Å². The van der Waals surface area contributed by atoms with Crippen LogP contribution in [0.2, 0.25) is 0 Å². The van der Waals surface area contributed by atoms with Gasteiger partial charge in [-0.3, -0.25) is 4.98 Å². The smallest absolute Gasteiger partial charge is 0.356 e. The highest BCUT2D eigenvalue weighted by molar-refractivity contribution is 5.91. The van der Waals surface area contributed by atoms with Gasteiger partial charge in [-0.05, 0) is 34.9 Å². The lowest BCUT2D eigenvalue weighted by atomic mass is 10.1. The zero-order valence-electron chi connectivity index (χ0n) is 17.7. The van der Waals surface area contributed by atoms with Crippen molar-refractivity contribution in [2.45, 2.75) is 18.9 Å². The highest BCUT2D eigenvalue weighted by atomic mass is 16.5. The molecular formula is C25H21N3O4. The van der Waals surface area contributed by atoms with E-state index in [9.17, 15) is 10.1 Å². The minimum absolute atomic E-state index is 0.0196. The van der Waals surface area contributed by atoms with Gasteiger partial charge in [0.05, 0.1) is 31.7 Å². The molecule has 7 nitrogen and oxygen atoms in total. The molecule has 0 bridgehead atoms. The fourth-order valence-corrected chi connectivity index (χ4v) is 3.68. The monoisotopic (exact) mass is 427 g/mol. The Hall–Kier alpha value is -4.18. The maximum atomic E-state index is 11.7. The molecule has 0 radical (unpaired) electrons. The summed E-state index contributed by atoms with van der Waals surface area (Å²) in [4.78, 5) is 20.1. The second kappa shape index (κ2) is 9.31. The number of fused-ring (bicyclic) bond motifs is 1. The first-order valence-electron chi connectivity index (χ1n) is 10.0. The summed E-state index contributed by atoms with van der Waals surface area (Å²) in [6.07, 6.45) is 6.27. The number of aromatic nitrogens is 2. The molecule has 1 aliphatic carbocycles. The number of ether oxygens (including phenoxy) is 3. The summed E-state index contributed by atoms with van der Waals surface area (Å²) in [5, 5.41) is 9.75. The molecule has 1 aliphatic rings. The van der Waals surface area contributed by atoms with Gasteiger partial charge in [-0.1, -0.05) is 24.3 Å². The lowest BCUT2D eigenvalue weighted by molar-refractivity contribution is 0.0594. The van der Waals surface area contributed by atoms with E-state index < -0.39 is 5.97 Å². The Morgan fingerprint density at radius 3 is 2.47 bits per heavy atom. The van der Waals surface area contributed by atoms with E-state index in [2.05, 4.69) is 28.2 Å². The minimum Gasteiger partial charge on any atom is -0.491 e. The third kappa shape index (κ3) is 4.44. The first-order chi connectivity index (χ1) is 15.6. The van der Waals surface area contributed by atoms with Gasteiger partial charge in [-0.25, -0.2) is 9.78 Å². The van der Waals surface area contributed by atoms with Gasteiger partial charge in [0.1, 0.15) is 17.9 Å². The zero-order chi connectivity index (χ0) is 22.5. The highest BCUT2D eigenvalue weighted by Crippen LogP contribution is 2.33. The summed E-state index contributed by atoms with van der Waals surface area (Å²) in [6, 6.07) is 15.4. The van der Waals surface area contributed by atoms with Gasteiger partial charge in [0.25, 0.3) is 0 Å². The van der Waals surface area contributed by atoms with E-state index in [-0.39, 0.29) is 11.8 Å². The number of esters is 1. The van der Waals surface area contributed by atoms with Crippen LogP contribution in [0.5, 0.6) is 11.5 Å². The lowest BCUT2D eigenvalue weighted by Crippen LogP contribution is -2.17. The lowest BCUT2D eigenvalue weighted by Gasteiger charge is -2.16. The molecule has 0 saturated carbocycles. The molecule has 2 aromatic heterocycles. The van der Waals surface area contributed by atoms with Crippen LogP contribution in [0, 0.1) is 11.3 Å². The van der Waals surface area contributed by atoms with E-state index in [1.807, 2.05) is 12.1 Å². The van der Waals surface area contributed by atoms with Gasteiger partial charge in [0, 0.05) is 25.1 Å². The van der Waals surface area contributed by atoms with Crippen molar-refractivity contribution in [3.63, 3.8) is 0 Å². The molecule has 32 heavy (non-hydrogen) atoms. The Morgan fingerprint density at radius 2 is 1.81 bits per heavy atom. The summed E-state index contributed by atoms with van der Waals surface area (Å²) in [6.45, 7) is 0. The van der Waals surface area contributed by atoms with Crippen molar-refractivity contribution in [3.05, 3.63) is 82.9 Å². The topological polar surface area (TPSA) is 94.3 Å². The molecule has 2 heterocycles. The number of rotatable bonds is 6. The van der Waals surface area contributed by atoms with E-state index >= 15 is 0 Å². The van der Waals surface area contributed by atoms with E-state index in [1.54, 1.807) is 37.6 Å². The summed E-state index contributed by atoms with van der Waals surface area (Å²) < 4.78 is 16.4. The van der Waals surface area contributed by atoms with E-state index in [4.69, 9.17) is 14.2 Å². The number of pyridine rings is 2. The second-order valence-electron chi connectivity index (χ2n) is 7.27. The largest absolute Gasteiger partial charge is 0.491 e. The van der Waals surface area contributed by atoms with Crippen LogP contribution in [0.3, 0.4) is 0 Å². The van der Waals surface area contributed by atoms with Gasteiger partial charge >= 0.3 is 5.97 Å². The third-order valence-corrected chi connectivity index (χ3v) is 5.24. The molecule has 1 aromatic carbocycles. The quantitative estimate of drug-likeness (QED) is 0.435. The Labute approximate surface area is 185 Å². The molecule has 0 aliphatic heterocycles. The molecule has 4 rings (SSSR count). The fraction of sp³-hybridized carbons (Fsp3) is 0.200. The Morgan fingerprint density at radius 1 is 1.06 bits per heavy atom. The van der Waals surface area contributed by atoms with Crippen molar-refractivity contribution in [1.82, 2.24) is 9.97 Å². The second-order valence-corrected chi connectivity index (χ2v) is 7.27. The van der Waals surface area contributed by atoms with Gasteiger partial charge in [-0.2, -0.15) is 5.26 Å². The average Bonchev–Trinajstić information content (AvgIpc) is 3.24. The predicted molar refractivity (Wildman–Crippen MR) is 118 cm³/mol. The first kappa shape index (κ1) is 21.1. The number of carbonyl (C=O) groups excluding carboxylic acids is 1. The summed E-state index contributed by atoms with van der Waals surface area (Å²) in [7, 11) is 2.85. The molecule has 0 spiro atoms. The fourth-order valence-electron chi connectivity index (χ4n) is 3.68. The normalized spacial score (nSPS) is 13.2. The predicted octanol–water partition coefficient (Wildman–Crippen LogP) is 3.88. The van der Waals surface area contributed by atoms with Crippen LogP contribution in [0.15, 0.2) is 54.9 Å². The van der Waals surface area contributed by atoms with Gasteiger partial charge in [-0.15, -0.1) is 0 Å². The number of hydrogen-bond acceptors (Lipinski definition) is 7. The Bertz CT molecular complexity index is 1200. The first-order valence-corrected chi connectivity index (χ1v) is 10.0. The number of allylic oxidation sites excluding steroid dienone is 1. The molecule has 0 atom stereocenters. The Balaban J connectivity index is 1.62. The maximum Gasteiger partial charge on any atom is 0.356 e. The van der Waals surface area contributed by atoms with Crippen molar-refractivity contribution in [1.29, 1.82) is 5.26 Å². The number of methoxy groups -OCH3 is 2. The van der Waals surface area contributed by atoms with Crippen LogP contribution >= 0.6 is 0 Å². The number of nitriles is 1. The van der Waals surface area contributed by atoms with Crippen LogP contribution in [-0.2, 0) is 17.6 Å². The van der Waals surface area contributed by atoms with E-state index in [0.717, 1.165) is 12.8 Å². The third-order valence-electron chi connectivity index (χ3n) is 5.24. The summed E-state index contributed by atoms with van der Waals surface area (Å²) >= 11 is 0. The number of benzene rings is 1. The van der Waals surface area contributed by atoms with Crippen molar-refractivity contribution in [3.8, 4) is 17.6 Å². The zero-order valence-corrected chi connectivity index (χ0v) is 17.7. The number of carbonyl (C=O) groups is 1. The van der Waals surface area contributed by atoms with Crippen molar-refractivity contribution in [2.75, 3.05) is 14.2 Å². The van der Waals surface area contributed by atoms with E-state index in [0.29, 0.717) is 28.3 Å². The molecule has 0 saturated heterocycles. The molecule has 0 unspecified atom stereocenters. The van der Waals surface area contributed by atoms with Crippen LogP contribution in [-0.4, -0.2) is 36.3 Å². The minimum atomic E-state index is -0.547. The standard InChI is InChI=1S/C25H21N3O4/c1-30-24-15-28-21(13-23(24)32-20-11-17-5-3-4-6-18(17)12-20)19(14-26)9-16-7-8-27-22(10-16)25(29)31-2/h3-10,13,15,20H,11-12H2,1-2H3/b19-9+. The molecular weight excluding hydrogens is 406 g/mol. The molecule has 3 aromatic rings. The van der Waals surface area contributed by atoms with Crippen molar-refractivity contribution in [2.24, 2.45) is 0 Å². The van der Waals surface area contributed by atoms with Gasteiger partial charge in [0.15, 0.2) is 11.5 Å². The molecule has 0 fully saturated rings. The van der Waals surface area contributed by atoms with E-state index in [1.165, 1.54) is 24.4 Å². The van der Waals surface area contributed by atoms with Crippen molar-refractivity contribution >= 4 is 17.6 Å². The molecule has 0 amide bonds. The molecule has 0 N–H and O–H groups in total.